The van der Waals surface area contributed by atoms with E-state index in [-0.39, 0.29) is 11.7 Å². The smallest absolute Gasteiger partial charge is 0.230 e. The van der Waals surface area contributed by atoms with Crippen LogP contribution in [-0.4, -0.2) is 5.16 Å². The van der Waals surface area contributed by atoms with Gasteiger partial charge in [0, 0.05) is 10.0 Å². The number of anilines is 1. The van der Waals surface area contributed by atoms with Gasteiger partial charge in [0.2, 0.25) is 5.88 Å². The van der Waals surface area contributed by atoms with E-state index in [9.17, 15) is 4.39 Å². The van der Waals surface area contributed by atoms with Crippen molar-refractivity contribution in [2.75, 3.05) is 5.73 Å². The summed E-state index contributed by atoms with van der Waals surface area (Å²) in [4.78, 5) is 0. The zero-order chi connectivity index (χ0) is 15.0. The third-order valence-electron chi connectivity index (χ3n) is 3.23. The van der Waals surface area contributed by atoms with Crippen LogP contribution in [0.5, 0.6) is 0 Å². The molecule has 0 saturated carbocycles. The fraction of sp³-hybridized carbons (Fsp3) is 0.0625. The van der Waals surface area contributed by atoms with Crippen LogP contribution in [0, 0.1) is 12.7 Å². The van der Waals surface area contributed by atoms with Crippen LogP contribution in [0.1, 0.15) is 5.56 Å². The number of hydrogen-bond donors (Lipinski definition) is 1. The average molecular weight is 347 g/mol. The van der Waals surface area contributed by atoms with Crippen LogP contribution in [0.4, 0.5) is 10.3 Å². The zero-order valence-corrected chi connectivity index (χ0v) is 12.8. The van der Waals surface area contributed by atoms with Crippen molar-refractivity contribution in [2.24, 2.45) is 0 Å². The largest absolute Gasteiger partial charge is 0.367 e. The number of aromatic nitrogens is 1. The Morgan fingerprint density at radius 3 is 2.52 bits per heavy atom. The van der Waals surface area contributed by atoms with Crippen LogP contribution in [0.3, 0.4) is 0 Å². The number of nitrogen functional groups attached to an aromatic ring is 1. The normalized spacial score (nSPS) is 10.8. The predicted molar refractivity (Wildman–Crippen MR) is 84.2 cm³/mol. The van der Waals surface area contributed by atoms with Gasteiger partial charge in [0.25, 0.3) is 0 Å². The van der Waals surface area contributed by atoms with Crippen LogP contribution in [0.15, 0.2) is 51.5 Å². The first-order chi connectivity index (χ1) is 10.1. The number of halogens is 2. The molecule has 1 aromatic heterocycles. The molecule has 21 heavy (non-hydrogen) atoms. The maximum Gasteiger partial charge on any atom is 0.230 e. The van der Waals surface area contributed by atoms with Crippen molar-refractivity contribution >= 4 is 21.8 Å². The Morgan fingerprint density at radius 1 is 1.14 bits per heavy atom. The summed E-state index contributed by atoms with van der Waals surface area (Å²) in [5.74, 6) is -0.172. The van der Waals surface area contributed by atoms with Crippen molar-refractivity contribution < 1.29 is 8.91 Å². The molecule has 0 aliphatic rings. The average Bonchev–Trinajstić information content (AvgIpc) is 2.82. The van der Waals surface area contributed by atoms with E-state index in [0.717, 1.165) is 15.6 Å². The van der Waals surface area contributed by atoms with Gasteiger partial charge in [-0.15, -0.1) is 0 Å². The lowest BCUT2D eigenvalue weighted by Gasteiger charge is -2.05. The summed E-state index contributed by atoms with van der Waals surface area (Å²) in [7, 11) is 0. The minimum atomic E-state index is -0.346. The molecule has 3 rings (SSSR count). The minimum Gasteiger partial charge on any atom is -0.367 e. The SMILES string of the molecule is Cc1ccc(-c2noc(N)c2-c2ccc(Br)cc2)c(F)c1. The van der Waals surface area contributed by atoms with Gasteiger partial charge in [-0.25, -0.2) is 4.39 Å². The molecule has 2 N–H and O–H groups in total. The number of nitrogens with two attached hydrogens (primary N) is 1. The van der Waals surface area contributed by atoms with Crippen molar-refractivity contribution in [1.82, 2.24) is 5.16 Å². The molecule has 0 bridgehead atoms. The van der Waals surface area contributed by atoms with Crippen molar-refractivity contribution in [3.05, 3.63) is 58.3 Å². The molecule has 2 aromatic carbocycles. The van der Waals surface area contributed by atoms with Gasteiger partial charge in [-0.3, -0.25) is 0 Å². The quantitative estimate of drug-likeness (QED) is 0.724. The van der Waals surface area contributed by atoms with Crippen molar-refractivity contribution in [1.29, 1.82) is 0 Å². The Morgan fingerprint density at radius 2 is 1.86 bits per heavy atom. The molecule has 0 amide bonds. The number of hydrogen-bond acceptors (Lipinski definition) is 3. The van der Waals surface area contributed by atoms with Gasteiger partial charge in [0.05, 0.1) is 5.56 Å². The number of benzene rings is 2. The molecule has 0 spiro atoms. The Hall–Kier alpha value is -2.14. The third kappa shape index (κ3) is 2.56. The molecule has 0 aliphatic carbocycles. The lowest BCUT2D eigenvalue weighted by Crippen LogP contribution is -1.90. The van der Waals surface area contributed by atoms with E-state index in [1.165, 1.54) is 6.07 Å². The topological polar surface area (TPSA) is 52.0 Å². The number of rotatable bonds is 2. The maximum absolute atomic E-state index is 14.2. The lowest BCUT2D eigenvalue weighted by atomic mass is 10.00. The molecule has 0 fully saturated rings. The molecule has 3 nitrogen and oxygen atoms in total. The van der Waals surface area contributed by atoms with Gasteiger partial charge in [-0.2, -0.15) is 0 Å². The summed E-state index contributed by atoms with van der Waals surface area (Å²) in [5.41, 5.74) is 8.92. The highest BCUT2D eigenvalue weighted by atomic mass is 79.9. The highest BCUT2D eigenvalue weighted by Gasteiger charge is 2.19. The fourth-order valence-electron chi connectivity index (χ4n) is 2.19. The van der Waals surface area contributed by atoms with Gasteiger partial charge in [-0.05, 0) is 42.3 Å². The molecule has 0 aliphatic heterocycles. The second-order valence-corrected chi connectivity index (χ2v) is 5.68. The first-order valence-electron chi connectivity index (χ1n) is 6.34. The molecular formula is C16H12BrFN2O. The van der Waals surface area contributed by atoms with Crippen LogP contribution in [0.25, 0.3) is 22.4 Å². The van der Waals surface area contributed by atoms with Crippen LogP contribution < -0.4 is 5.73 Å². The van der Waals surface area contributed by atoms with Crippen LogP contribution in [0.2, 0.25) is 0 Å². The molecule has 0 unspecified atom stereocenters. The summed E-state index contributed by atoms with van der Waals surface area (Å²) in [6, 6.07) is 12.5. The van der Waals surface area contributed by atoms with Gasteiger partial charge >= 0.3 is 0 Å². The van der Waals surface area contributed by atoms with E-state index < -0.39 is 0 Å². The highest BCUT2D eigenvalue weighted by molar-refractivity contribution is 9.10. The Labute approximate surface area is 129 Å². The maximum atomic E-state index is 14.2. The van der Waals surface area contributed by atoms with E-state index in [1.807, 2.05) is 37.3 Å². The second kappa shape index (κ2) is 5.33. The van der Waals surface area contributed by atoms with E-state index in [1.54, 1.807) is 6.07 Å². The predicted octanol–water partition coefficient (Wildman–Crippen LogP) is 4.80. The summed E-state index contributed by atoms with van der Waals surface area (Å²) in [5, 5.41) is 3.92. The molecule has 1 heterocycles. The van der Waals surface area contributed by atoms with Crippen molar-refractivity contribution in [3.8, 4) is 22.4 Å². The van der Waals surface area contributed by atoms with Crippen molar-refractivity contribution in [3.63, 3.8) is 0 Å². The molecular weight excluding hydrogens is 335 g/mol. The van der Waals surface area contributed by atoms with E-state index >= 15 is 0 Å². The second-order valence-electron chi connectivity index (χ2n) is 4.76. The van der Waals surface area contributed by atoms with Gasteiger partial charge in [0.15, 0.2) is 0 Å². The van der Waals surface area contributed by atoms with E-state index in [4.69, 9.17) is 10.3 Å². The molecule has 3 aromatic rings. The van der Waals surface area contributed by atoms with Crippen LogP contribution >= 0.6 is 15.9 Å². The summed E-state index contributed by atoms with van der Waals surface area (Å²) < 4.78 is 20.2. The van der Waals surface area contributed by atoms with Gasteiger partial charge in [0.1, 0.15) is 11.5 Å². The molecule has 0 saturated heterocycles. The molecule has 0 radical (unpaired) electrons. The standard InChI is InChI=1S/C16H12BrFN2O/c1-9-2-7-12(13(18)8-9)15-14(16(19)21-20-15)10-3-5-11(17)6-4-10/h2-8H,19H2,1H3. The first-order valence-corrected chi connectivity index (χ1v) is 7.13. The monoisotopic (exact) mass is 346 g/mol. The van der Waals surface area contributed by atoms with Crippen LogP contribution in [-0.2, 0) is 0 Å². The number of aryl methyl sites for hydroxylation is 1. The fourth-order valence-corrected chi connectivity index (χ4v) is 2.46. The number of nitrogens with zero attached hydrogens (tertiary/aromatic N) is 1. The lowest BCUT2D eigenvalue weighted by molar-refractivity contribution is 0.439. The van der Waals surface area contributed by atoms with E-state index in [0.29, 0.717) is 16.8 Å². The summed E-state index contributed by atoms with van der Waals surface area (Å²) in [6.07, 6.45) is 0. The Kier molecular flexibility index (Phi) is 3.51. The zero-order valence-electron chi connectivity index (χ0n) is 11.2. The first kappa shape index (κ1) is 13.8. The van der Waals surface area contributed by atoms with E-state index in [2.05, 4.69) is 21.1 Å². The minimum absolute atomic E-state index is 0.173. The Balaban J connectivity index is 2.19. The van der Waals surface area contributed by atoms with Crippen molar-refractivity contribution in [2.45, 2.75) is 6.92 Å². The summed E-state index contributed by atoms with van der Waals surface area (Å²) in [6.45, 7) is 1.83. The third-order valence-corrected chi connectivity index (χ3v) is 3.76. The summed E-state index contributed by atoms with van der Waals surface area (Å²) >= 11 is 3.38. The Bertz CT molecular complexity index is 797. The molecule has 0 atom stereocenters. The highest BCUT2D eigenvalue weighted by Crippen LogP contribution is 2.37. The van der Waals surface area contributed by atoms with Gasteiger partial charge in [-0.1, -0.05) is 39.3 Å². The molecule has 5 heteroatoms. The molecule has 106 valence electrons. The van der Waals surface area contributed by atoms with Gasteiger partial charge < -0.3 is 10.3 Å².